The minimum Gasteiger partial charge on any atom is -0.325 e. The van der Waals surface area contributed by atoms with Gasteiger partial charge in [-0.05, 0) is 25.7 Å². The number of rotatable bonds is 3. The van der Waals surface area contributed by atoms with Gasteiger partial charge in [-0.15, -0.1) is 0 Å². The molecule has 0 saturated heterocycles. The van der Waals surface area contributed by atoms with Crippen LogP contribution in [0.25, 0.3) is 0 Å². The summed E-state index contributed by atoms with van der Waals surface area (Å²) >= 11 is 0. The van der Waals surface area contributed by atoms with Gasteiger partial charge in [0, 0.05) is 5.54 Å². The molecule has 1 nitrogen and oxygen atoms in total. The van der Waals surface area contributed by atoms with Crippen molar-refractivity contribution in [1.82, 2.24) is 0 Å². The minimum absolute atomic E-state index is 0.106. The Morgan fingerprint density at radius 1 is 1.36 bits per heavy atom. The summed E-state index contributed by atoms with van der Waals surface area (Å²) in [6.07, 6.45) is 8.07. The van der Waals surface area contributed by atoms with Gasteiger partial charge in [0.15, 0.2) is 0 Å². The van der Waals surface area contributed by atoms with E-state index >= 15 is 0 Å². The maximum absolute atomic E-state index is 6.10. The van der Waals surface area contributed by atoms with Crippen molar-refractivity contribution in [2.45, 2.75) is 57.9 Å². The molecule has 1 aliphatic rings. The largest absolute Gasteiger partial charge is 0.325 e. The molecule has 66 valence electrons. The SMILES string of the molecule is CCC(C)(N)CC1CCCC1. The summed E-state index contributed by atoms with van der Waals surface area (Å²) < 4.78 is 0. The van der Waals surface area contributed by atoms with Crippen molar-refractivity contribution in [2.75, 3.05) is 0 Å². The Morgan fingerprint density at radius 3 is 2.36 bits per heavy atom. The molecule has 0 aromatic heterocycles. The molecule has 11 heavy (non-hydrogen) atoms. The molecule has 0 aliphatic heterocycles. The van der Waals surface area contributed by atoms with Crippen LogP contribution in [0.1, 0.15) is 52.4 Å². The van der Waals surface area contributed by atoms with Gasteiger partial charge in [-0.3, -0.25) is 0 Å². The number of hydrogen-bond acceptors (Lipinski definition) is 1. The van der Waals surface area contributed by atoms with E-state index in [2.05, 4.69) is 13.8 Å². The lowest BCUT2D eigenvalue weighted by molar-refractivity contribution is 0.333. The molecule has 1 atom stereocenters. The Hall–Kier alpha value is -0.0400. The Balaban J connectivity index is 2.28. The molecule has 0 aromatic carbocycles. The predicted octanol–water partition coefficient (Wildman–Crippen LogP) is 2.69. The standard InChI is InChI=1S/C10H21N/c1-3-10(2,11)8-9-6-4-5-7-9/h9H,3-8,11H2,1-2H3. The first-order valence-electron chi connectivity index (χ1n) is 4.93. The van der Waals surface area contributed by atoms with Crippen molar-refractivity contribution < 1.29 is 0 Å². The first-order chi connectivity index (χ1) is 5.14. The molecule has 0 amide bonds. The number of hydrogen-bond donors (Lipinski definition) is 1. The summed E-state index contributed by atoms with van der Waals surface area (Å²) in [6, 6.07) is 0. The molecule has 1 aliphatic carbocycles. The quantitative estimate of drug-likeness (QED) is 0.666. The van der Waals surface area contributed by atoms with Crippen LogP contribution in [-0.4, -0.2) is 5.54 Å². The van der Waals surface area contributed by atoms with E-state index in [0.717, 1.165) is 12.3 Å². The first-order valence-corrected chi connectivity index (χ1v) is 4.93. The van der Waals surface area contributed by atoms with E-state index in [-0.39, 0.29) is 5.54 Å². The van der Waals surface area contributed by atoms with E-state index < -0.39 is 0 Å². The molecule has 0 heterocycles. The summed E-state index contributed by atoms with van der Waals surface area (Å²) in [4.78, 5) is 0. The lowest BCUT2D eigenvalue weighted by Crippen LogP contribution is -2.36. The summed E-state index contributed by atoms with van der Waals surface area (Å²) in [5.74, 6) is 0.935. The molecule has 1 saturated carbocycles. The summed E-state index contributed by atoms with van der Waals surface area (Å²) in [7, 11) is 0. The molecular formula is C10H21N. The van der Waals surface area contributed by atoms with Crippen molar-refractivity contribution in [2.24, 2.45) is 11.7 Å². The highest BCUT2D eigenvalue weighted by molar-refractivity contribution is 4.82. The van der Waals surface area contributed by atoms with E-state index in [1.165, 1.54) is 32.1 Å². The lowest BCUT2D eigenvalue weighted by atomic mass is 9.87. The average molecular weight is 155 g/mol. The van der Waals surface area contributed by atoms with Crippen LogP contribution < -0.4 is 5.73 Å². The average Bonchev–Trinajstić information content (AvgIpc) is 2.39. The molecule has 2 N–H and O–H groups in total. The van der Waals surface area contributed by atoms with Crippen LogP contribution in [0.15, 0.2) is 0 Å². The van der Waals surface area contributed by atoms with E-state index in [4.69, 9.17) is 5.73 Å². The molecule has 1 unspecified atom stereocenters. The highest BCUT2D eigenvalue weighted by Gasteiger charge is 2.24. The molecule has 1 heteroatoms. The second-order valence-corrected chi connectivity index (χ2v) is 4.36. The van der Waals surface area contributed by atoms with Gasteiger partial charge in [-0.2, -0.15) is 0 Å². The fraction of sp³-hybridized carbons (Fsp3) is 1.00. The predicted molar refractivity (Wildman–Crippen MR) is 49.5 cm³/mol. The van der Waals surface area contributed by atoms with Crippen LogP contribution >= 0.6 is 0 Å². The van der Waals surface area contributed by atoms with Gasteiger partial charge >= 0.3 is 0 Å². The van der Waals surface area contributed by atoms with Gasteiger partial charge in [-0.25, -0.2) is 0 Å². The van der Waals surface area contributed by atoms with Crippen molar-refractivity contribution in [3.63, 3.8) is 0 Å². The molecular weight excluding hydrogens is 134 g/mol. The molecule has 0 radical (unpaired) electrons. The van der Waals surface area contributed by atoms with Gasteiger partial charge in [0.1, 0.15) is 0 Å². The van der Waals surface area contributed by atoms with E-state index in [9.17, 15) is 0 Å². The molecule has 1 rings (SSSR count). The van der Waals surface area contributed by atoms with Crippen LogP contribution in [0.2, 0.25) is 0 Å². The highest BCUT2D eigenvalue weighted by atomic mass is 14.7. The number of nitrogens with two attached hydrogens (primary N) is 1. The van der Waals surface area contributed by atoms with E-state index in [1.807, 2.05) is 0 Å². The molecule has 0 aromatic rings. The second kappa shape index (κ2) is 3.57. The maximum atomic E-state index is 6.10. The van der Waals surface area contributed by atoms with Crippen LogP contribution in [0.4, 0.5) is 0 Å². The van der Waals surface area contributed by atoms with E-state index in [1.54, 1.807) is 0 Å². The van der Waals surface area contributed by atoms with Crippen molar-refractivity contribution in [3.8, 4) is 0 Å². The van der Waals surface area contributed by atoms with Crippen LogP contribution in [-0.2, 0) is 0 Å². The maximum Gasteiger partial charge on any atom is 0.0125 e. The Morgan fingerprint density at radius 2 is 1.91 bits per heavy atom. The summed E-state index contributed by atoms with van der Waals surface area (Å²) in [5, 5.41) is 0. The fourth-order valence-electron chi connectivity index (χ4n) is 2.02. The molecule has 0 bridgehead atoms. The zero-order valence-electron chi connectivity index (χ0n) is 7.90. The first kappa shape index (κ1) is 9.05. The third-order valence-corrected chi connectivity index (χ3v) is 3.04. The zero-order chi connectivity index (χ0) is 8.32. The smallest absolute Gasteiger partial charge is 0.0125 e. The van der Waals surface area contributed by atoms with Crippen molar-refractivity contribution in [3.05, 3.63) is 0 Å². The second-order valence-electron chi connectivity index (χ2n) is 4.36. The van der Waals surface area contributed by atoms with Gasteiger partial charge in [0.2, 0.25) is 0 Å². The van der Waals surface area contributed by atoms with E-state index in [0.29, 0.717) is 0 Å². The monoisotopic (exact) mass is 155 g/mol. The van der Waals surface area contributed by atoms with Crippen molar-refractivity contribution in [1.29, 1.82) is 0 Å². The van der Waals surface area contributed by atoms with Crippen molar-refractivity contribution >= 4 is 0 Å². The fourth-order valence-corrected chi connectivity index (χ4v) is 2.02. The van der Waals surface area contributed by atoms with Gasteiger partial charge in [-0.1, -0.05) is 32.6 Å². The molecule has 0 spiro atoms. The van der Waals surface area contributed by atoms with Gasteiger partial charge < -0.3 is 5.73 Å². The Bertz CT molecular complexity index is 112. The summed E-state index contributed by atoms with van der Waals surface area (Å²) in [6.45, 7) is 4.38. The third kappa shape index (κ3) is 2.82. The Kier molecular flexibility index (Phi) is 2.94. The lowest BCUT2D eigenvalue weighted by Gasteiger charge is -2.26. The summed E-state index contributed by atoms with van der Waals surface area (Å²) in [5.41, 5.74) is 6.20. The van der Waals surface area contributed by atoms with Crippen LogP contribution in [0, 0.1) is 5.92 Å². The molecule has 1 fully saturated rings. The normalized spacial score (nSPS) is 25.4. The third-order valence-electron chi connectivity index (χ3n) is 3.04. The Labute approximate surface area is 70.4 Å². The van der Waals surface area contributed by atoms with Gasteiger partial charge in [0.05, 0.1) is 0 Å². The van der Waals surface area contributed by atoms with Gasteiger partial charge in [0.25, 0.3) is 0 Å². The minimum atomic E-state index is 0.106. The van der Waals surface area contributed by atoms with Crippen LogP contribution in [0.5, 0.6) is 0 Å². The van der Waals surface area contributed by atoms with Crippen LogP contribution in [0.3, 0.4) is 0 Å². The zero-order valence-corrected chi connectivity index (χ0v) is 7.90. The topological polar surface area (TPSA) is 26.0 Å². The highest BCUT2D eigenvalue weighted by Crippen LogP contribution is 2.31.